The molecule has 1 aromatic heterocycles. The van der Waals surface area contributed by atoms with Crippen LogP contribution in [0, 0.1) is 6.92 Å². The summed E-state index contributed by atoms with van der Waals surface area (Å²) in [6, 6.07) is 8.17. The van der Waals surface area contributed by atoms with E-state index in [4.69, 9.17) is 11.6 Å². The minimum Gasteiger partial charge on any atom is -0.367 e. The van der Waals surface area contributed by atoms with Gasteiger partial charge in [-0.3, -0.25) is 4.79 Å². The maximum Gasteiger partial charge on any atom is 0.276 e. The van der Waals surface area contributed by atoms with Crippen molar-refractivity contribution in [1.29, 1.82) is 0 Å². The molecular formula is C19H27Cl3N6O. The lowest BCUT2D eigenvalue weighted by Gasteiger charge is -2.36. The van der Waals surface area contributed by atoms with E-state index in [1.54, 1.807) is 0 Å². The van der Waals surface area contributed by atoms with E-state index in [1.807, 2.05) is 40.8 Å². The number of nitrogens with zero attached hydrogens (tertiary/aromatic N) is 5. The predicted octanol–water partition coefficient (Wildman–Crippen LogP) is 2.97. The third-order valence-corrected chi connectivity index (χ3v) is 5.86. The molecule has 0 radical (unpaired) electrons. The van der Waals surface area contributed by atoms with Gasteiger partial charge in [0.25, 0.3) is 5.91 Å². The molecule has 0 aliphatic carbocycles. The van der Waals surface area contributed by atoms with Crippen LogP contribution in [0.5, 0.6) is 0 Å². The molecule has 1 aromatic carbocycles. The number of anilines is 1. The van der Waals surface area contributed by atoms with Crippen molar-refractivity contribution in [3.63, 3.8) is 0 Å². The lowest BCUT2D eigenvalue weighted by molar-refractivity contribution is 0.0740. The maximum atomic E-state index is 13.0. The quantitative estimate of drug-likeness (QED) is 0.761. The Kier molecular flexibility index (Phi) is 8.58. The van der Waals surface area contributed by atoms with Gasteiger partial charge in [0, 0.05) is 26.2 Å². The van der Waals surface area contributed by atoms with E-state index in [0.717, 1.165) is 55.4 Å². The van der Waals surface area contributed by atoms with Crippen LogP contribution in [0.1, 0.15) is 35.1 Å². The van der Waals surface area contributed by atoms with Gasteiger partial charge in [-0.1, -0.05) is 28.9 Å². The molecule has 0 bridgehead atoms. The highest BCUT2D eigenvalue weighted by molar-refractivity contribution is 6.33. The topological polar surface area (TPSA) is 66.3 Å². The summed E-state index contributed by atoms with van der Waals surface area (Å²) in [5.41, 5.74) is 2.39. The summed E-state index contributed by atoms with van der Waals surface area (Å²) in [4.78, 5) is 17.1. The molecule has 2 aliphatic rings. The van der Waals surface area contributed by atoms with Gasteiger partial charge in [0.1, 0.15) is 0 Å². The number of piperidine rings is 1. The van der Waals surface area contributed by atoms with E-state index in [9.17, 15) is 4.79 Å². The van der Waals surface area contributed by atoms with Gasteiger partial charge in [0.15, 0.2) is 5.69 Å². The molecule has 2 saturated heterocycles. The normalized spacial score (nSPS) is 17.4. The summed E-state index contributed by atoms with van der Waals surface area (Å²) in [5, 5.41) is 12.6. The molecule has 160 valence electrons. The molecule has 1 amide bonds. The number of carbonyl (C=O) groups is 1. The number of hydrogen-bond donors (Lipinski definition) is 1. The molecule has 7 nitrogen and oxygen atoms in total. The van der Waals surface area contributed by atoms with Crippen molar-refractivity contribution >= 4 is 48.0 Å². The van der Waals surface area contributed by atoms with Crippen LogP contribution in [-0.2, 0) is 0 Å². The Bertz CT molecular complexity index is 816. The molecule has 10 heteroatoms. The molecular weight excluding hydrogens is 435 g/mol. The second kappa shape index (κ2) is 10.5. The van der Waals surface area contributed by atoms with Gasteiger partial charge >= 0.3 is 0 Å². The van der Waals surface area contributed by atoms with Gasteiger partial charge in [0.05, 0.1) is 22.4 Å². The Labute approximate surface area is 188 Å². The predicted molar refractivity (Wildman–Crippen MR) is 120 cm³/mol. The monoisotopic (exact) mass is 460 g/mol. The van der Waals surface area contributed by atoms with Crippen LogP contribution in [0.3, 0.4) is 0 Å². The number of benzene rings is 1. The number of carbonyl (C=O) groups excluding carboxylic acids is 1. The minimum atomic E-state index is -0.0218. The molecule has 4 rings (SSSR count). The lowest BCUT2D eigenvalue weighted by Crippen LogP contribution is -2.49. The van der Waals surface area contributed by atoms with E-state index in [-0.39, 0.29) is 30.7 Å². The SMILES string of the molecule is Cc1c(C(=O)N2CCN(c3ccccc3Cl)CC2)nnn1C1CCNCC1.Cl.Cl. The van der Waals surface area contributed by atoms with Crippen molar-refractivity contribution in [3.05, 3.63) is 40.7 Å². The van der Waals surface area contributed by atoms with Gasteiger partial charge in [0.2, 0.25) is 0 Å². The Balaban J connectivity index is 0.00000150. The Morgan fingerprint density at radius 1 is 1.10 bits per heavy atom. The first-order valence-electron chi connectivity index (χ1n) is 9.56. The third kappa shape index (κ3) is 4.97. The van der Waals surface area contributed by atoms with E-state index in [1.165, 1.54) is 0 Å². The Morgan fingerprint density at radius 3 is 2.41 bits per heavy atom. The fourth-order valence-corrected chi connectivity index (χ4v) is 4.20. The van der Waals surface area contributed by atoms with Crippen LogP contribution >= 0.6 is 36.4 Å². The zero-order valence-electron chi connectivity index (χ0n) is 16.4. The highest BCUT2D eigenvalue weighted by Crippen LogP contribution is 2.26. The fraction of sp³-hybridized carbons (Fsp3) is 0.526. The summed E-state index contributed by atoms with van der Waals surface area (Å²) in [6.07, 6.45) is 2.04. The third-order valence-electron chi connectivity index (χ3n) is 5.54. The second-order valence-electron chi connectivity index (χ2n) is 7.18. The first kappa shape index (κ1) is 23.7. The molecule has 0 atom stereocenters. The summed E-state index contributed by atoms with van der Waals surface area (Å²) in [7, 11) is 0. The first-order valence-corrected chi connectivity index (χ1v) is 9.94. The van der Waals surface area contributed by atoms with E-state index < -0.39 is 0 Å². The first-order chi connectivity index (χ1) is 13.1. The zero-order chi connectivity index (χ0) is 18.8. The van der Waals surface area contributed by atoms with Crippen molar-refractivity contribution < 1.29 is 4.79 Å². The van der Waals surface area contributed by atoms with Crippen LogP contribution in [0.15, 0.2) is 24.3 Å². The molecule has 1 N–H and O–H groups in total. The van der Waals surface area contributed by atoms with Gasteiger partial charge in [-0.25, -0.2) is 4.68 Å². The Morgan fingerprint density at radius 2 is 1.76 bits per heavy atom. The highest BCUT2D eigenvalue weighted by Gasteiger charge is 2.28. The smallest absolute Gasteiger partial charge is 0.276 e. The second-order valence-corrected chi connectivity index (χ2v) is 7.59. The van der Waals surface area contributed by atoms with E-state index >= 15 is 0 Å². The number of rotatable bonds is 3. The Hall–Kier alpha value is -1.54. The van der Waals surface area contributed by atoms with Crippen molar-refractivity contribution in [2.45, 2.75) is 25.8 Å². The number of nitrogens with one attached hydrogen (secondary N) is 1. The van der Waals surface area contributed by atoms with Gasteiger partial charge in [-0.15, -0.1) is 29.9 Å². The largest absolute Gasteiger partial charge is 0.367 e. The molecule has 29 heavy (non-hydrogen) atoms. The van der Waals surface area contributed by atoms with Crippen molar-refractivity contribution in [2.75, 3.05) is 44.2 Å². The summed E-state index contributed by atoms with van der Waals surface area (Å²) in [5.74, 6) is -0.0218. The molecule has 2 fully saturated rings. The van der Waals surface area contributed by atoms with E-state index in [2.05, 4.69) is 20.5 Å². The minimum absolute atomic E-state index is 0. The summed E-state index contributed by atoms with van der Waals surface area (Å²) >= 11 is 6.30. The fourth-order valence-electron chi connectivity index (χ4n) is 3.94. The van der Waals surface area contributed by atoms with Gasteiger partial charge in [-0.2, -0.15) is 0 Å². The number of amides is 1. The van der Waals surface area contributed by atoms with Gasteiger partial charge < -0.3 is 15.1 Å². The average Bonchev–Trinajstić information content (AvgIpc) is 3.10. The van der Waals surface area contributed by atoms with Crippen LogP contribution < -0.4 is 10.2 Å². The molecule has 0 saturated carbocycles. The van der Waals surface area contributed by atoms with Crippen LogP contribution in [0.2, 0.25) is 5.02 Å². The molecule has 2 aromatic rings. The summed E-state index contributed by atoms with van der Waals surface area (Å²) in [6.45, 7) is 6.76. The van der Waals surface area contributed by atoms with Crippen LogP contribution in [0.4, 0.5) is 5.69 Å². The van der Waals surface area contributed by atoms with Crippen LogP contribution in [-0.4, -0.2) is 65.1 Å². The molecule has 0 spiro atoms. The van der Waals surface area contributed by atoms with Gasteiger partial charge in [-0.05, 0) is 45.0 Å². The lowest BCUT2D eigenvalue weighted by atomic mass is 10.1. The van der Waals surface area contributed by atoms with E-state index in [0.29, 0.717) is 24.8 Å². The standard InChI is InChI=1S/C19H25ClN6O.2ClH/c1-14-18(22-23-26(14)15-6-8-21-9-7-15)19(27)25-12-10-24(11-13-25)17-5-3-2-4-16(17)20;;/h2-5,15,21H,6-13H2,1H3;2*1H. The van der Waals surface area contributed by atoms with Crippen molar-refractivity contribution in [2.24, 2.45) is 0 Å². The number of para-hydroxylation sites is 1. The molecule has 0 unspecified atom stereocenters. The maximum absolute atomic E-state index is 13.0. The van der Waals surface area contributed by atoms with Crippen molar-refractivity contribution in [1.82, 2.24) is 25.2 Å². The zero-order valence-corrected chi connectivity index (χ0v) is 18.8. The number of aromatic nitrogens is 3. The molecule has 3 heterocycles. The number of halogens is 3. The van der Waals surface area contributed by atoms with Crippen LogP contribution in [0.25, 0.3) is 0 Å². The number of hydrogen-bond acceptors (Lipinski definition) is 5. The summed E-state index contributed by atoms with van der Waals surface area (Å²) < 4.78 is 1.94. The molecule has 2 aliphatic heterocycles. The van der Waals surface area contributed by atoms with Crippen molar-refractivity contribution in [3.8, 4) is 0 Å². The number of piperazine rings is 1. The highest BCUT2D eigenvalue weighted by atomic mass is 35.5. The average molecular weight is 462 g/mol.